The van der Waals surface area contributed by atoms with Crippen molar-refractivity contribution in [3.8, 4) is 11.8 Å². The third-order valence-electron chi connectivity index (χ3n) is 3.53. The maximum atomic E-state index is 12.4. The molecule has 4 nitrogen and oxygen atoms in total. The number of nitrogens with one attached hydrogen (secondary N) is 1. The van der Waals surface area contributed by atoms with Crippen LogP contribution in [0.1, 0.15) is 24.5 Å². The van der Waals surface area contributed by atoms with Crippen molar-refractivity contribution in [2.24, 2.45) is 0 Å². The first-order valence-corrected chi connectivity index (χ1v) is 7.63. The first-order valence-electron chi connectivity index (χ1n) is 7.63. The molecule has 2 aromatic rings. The predicted octanol–water partition coefficient (Wildman–Crippen LogP) is 3.86. The molecule has 2 aromatic carbocycles. The molecular formula is C19H20N2O2. The Hall–Kier alpha value is -2.80. The maximum Gasteiger partial charge on any atom is 0.265 e. The second-order valence-electron chi connectivity index (χ2n) is 5.30. The Morgan fingerprint density at radius 1 is 1.22 bits per heavy atom. The average molecular weight is 308 g/mol. The molecule has 0 aliphatic heterocycles. The normalized spacial score (nSPS) is 11.3. The van der Waals surface area contributed by atoms with Crippen LogP contribution < -0.4 is 10.1 Å². The fourth-order valence-electron chi connectivity index (χ4n) is 2.18. The minimum atomic E-state index is -0.546. The van der Waals surface area contributed by atoms with Gasteiger partial charge < -0.3 is 10.1 Å². The first-order chi connectivity index (χ1) is 11.1. The van der Waals surface area contributed by atoms with E-state index < -0.39 is 6.10 Å². The molecule has 1 N–H and O–H groups in total. The van der Waals surface area contributed by atoms with E-state index in [1.54, 1.807) is 12.1 Å². The van der Waals surface area contributed by atoms with E-state index in [0.717, 1.165) is 16.9 Å². The number of hydrogen-bond acceptors (Lipinski definition) is 3. The largest absolute Gasteiger partial charge is 0.480 e. The second kappa shape index (κ2) is 8.00. The van der Waals surface area contributed by atoms with Crippen LogP contribution >= 0.6 is 0 Å². The zero-order chi connectivity index (χ0) is 16.7. The van der Waals surface area contributed by atoms with Crippen LogP contribution in [0, 0.1) is 18.3 Å². The number of ether oxygens (including phenoxy) is 1. The summed E-state index contributed by atoms with van der Waals surface area (Å²) in [6.45, 7) is 3.87. The van der Waals surface area contributed by atoms with Crippen LogP contribution in [0.15, 0.2) is 48.5 Å². The molecule has 23 heavy (non-hydrogen) atoms. The third kappa shape index (κ3) is 4.58. The standard InChI is InChI=1S/C19H20N2O2/c1-3-17(23-18-7-5-4-6-14(18)2)19(22)21-16-10-8-15(9-11-16)12-13-20/h4-11,17H,3,12H2,1-2H3,(H,21,22). The van der Waals surface area contributed by atoms with Crippen LogP contribution in [0.5, 0.6) is 5.75 Å². The van der Waals surface area contributed by atoms with Crippen LogP contribution in [0.4, 0.5) is 5.69 Å². The first kappa shape index (κ1) is 16.6. The molecule has 0 spiro atoms. The van der Waals surface area contributed by atoms with Gasteiger partial charge in [-0.2, -0.15) is 5.26 Å². The van der Waals surface area contributed by atoms with Gasteiger partial charge in [0.25, 0.3) is 5.91 Å². The van der Waals surface area contributed by atoms with Gasteiger partial charge in [0, 0.05) is 5.69 Å². The highest BCUT2D eigenvalue weighted by Crippen LogP contribution is 2.19. The maximum absolute atomic E-state index is 12.4. The summed E-state index contributed by atoms with van der Waals surface area (Å²) >= 11 is 0. The van der Waals surface area contributed by atoms with Crippen molar-refractivity contribution < 1.29 is 9.53 Å². The average Bonchev–Trinajstić information content (AvgIpc) is 2.56. The summed E-state index contributed by atoms with van der Waals surface area (Å²) in [6, 6.07) is 17.0. The van der Waals surface area contributed by atoms with Crippen molar-refractivity contribution in [1.29, 1.82) is 5.26 Å². The number of nitriles is 1. The highest BCUT2D eigenvalue weighted by molar-refractivity contribution is 5.94. The lowest BCUT2D eigenvalue weighted by Gasteiger charge is -2.18. The van der Waals surface area contributed by atoms with Crippen LogP contribution in [0.3, 0.4) is 0 Å². The number of amides is 1. The summed E-state index contributed by atoms with van der Waals surface area (Å²) in [4.78, 5) is 12.4. The van der Waals surface area contributed by atoms with Crippen LogP contribution in [0.25, 0.3) is 0 Å². The zero-order valence-corrected chi connectivity index (χ0v) is 13.4. The van der Waals surface area contributed by atoms with Crippen molar-refractivity contribution in [1.82, 2.24) is 0 Å². The van der Waals surface area contributed by atoms with Gasteiger partial charge in [0.2, 0.25) is 0 Å². The molecule has 0 aliphatic rings. The Bertz CT molecular complexity index is 702. The van der Waals surface area contributed by atoms with E-state index in [-0.39, 0.29) is 5.91 Å². The number of rotatable bonds is 6. The molecule has 2 rings (SSSR count). The van der Waals surface area contributed by atoms with Gasteiger partial charge in [-0.3, -0.25) is 4.79 Å². The Labute approximate surface area is 136 Å². The van der Waals surface area contributed by atoms with Crippen molar-refractivity contribution in [3.05, 3.63) is 59.7 Å². The summed E-state index contributed by atoms with van der Waals surface area (Å²) < 4.78 is 5.84. The number of aryl methyl sites for hydroxylation is 1. The zero-order valence-electron chi connectivity index (χ0n) is 13.4. The Kier molecular flexibility index (Phi) is 5.76. The van der Waals surface area contributed by atoms with Crippen LogP contribution in [-0.2, 0) is 11.2 Å². The number of carbonyl (C=O) groups is 1. The Morgan fingerprint density at radius 2 is 1.91 bits per heavy atom. The van der Waals surface area contributed by atoms with Crippen molar-refractivity contribution in [2.75, 3.05) is 5.32 Å². The summed E-state index contributed by atoms with van der Waals surface area (Å²) in [5, 5.41) is 11.5. The minimum absolute atomic E-state index is 0.177. The lowest BCUT2D eigenvalue weighted by atomic mass is 10.1. The molecule has 118 valence electrons. The molecule has 0 fully saturated rings. The van der Waals surface area contributed by atoms with E-state index >= 15 is 0 Å². The number of nitrogens with zero attached hydrogens (tertiary/aromatic N) is 1. The summed E-state index contributed by atoms with van der Waals surface area (Å²) in [7, 11) is 0. The van der Waals surface area contributed by atoms with E-state index in [4.69, 9.17) is 10.00 Å². The van der Waals surface area contributed by atoms with E-state index in [9.17, 15) is 4.79 Å². The van der Waals surface area contributed by atoms with Gasteiger partial charge in [0.05, 0.1) is 12.5 Å². The highest BCUT2D eigenvalue weighted by atomic mass is 16.5. The topological polar surface area (TPSA) is 62.1 Å². The SMILES string of the molecule is CCC(Oc1ccccc1C)C(=O)Nc1ccc(CC#N)cc1. The Balaban J connectivity index is 2.02. The minimum Gasteiger partial charge on any atom is -0.480 e. The van der Waals surface area contributed by atoms with E-state index in [2.05, 4.69) is 11.4 Å². The smallest absolute Gasteiger partial charge is 0.265 e. The molecular weight excluding hydrogens is 288 g/mol. The predicted molar refractivity (Wildman–Crippen MR) is 90.3 cm³/mol. The molecule has 1 atom stereocenters. The molecule has 1 amide bonds. The molecule has 0 saturated heterocycles. The second-order valence-corrected chi connectivity index (χ2v) is 5.30. The molecule has 0 heterocycles. The van der Waals surface area contributed by atoms with Gasteiger partial charge in [-0.25, -0.2) is 0 Å². The number of anilines is 1. The van der Waals surface area contributed by atoms with E-state index in [1.165, 1.54) is 0 Å². The summed E-state index contributed by atoms with van der Waals surface area (Å²) in [5.74, 6) is 0.544. The summed E-state index contributed by atoms with van der Waals surface area (Å²) in [5.41, 5.74) is 2.62. The third-order valence-corrected chi connectivity index (χ3v) is 3.53. The van der Waals surface area contributed by atoms with Crippen molar-refractivity contribution in [3.63, 3.8) is 0 Å². The van der Waals surface area contributed by atoms with Gasteiger partial charge in [-0.15, -0.1) is 0 Å². The quantitative estimate of drug-likeness (QED) is 0.881. The van der Waals surface area contributed by atoms with Crippen LogP contribution in [-0.4, -0.2) is 12.0 Å². The fourth-order valence-corrected chi connectivity index (χ4v) is 2.18. The lowest BCUT2D eigenvalue weighted by Crippen LogP contribution is -2.32. The number of hydrogen-bond donors (Lipinski definition) is 1. The monoisotopic (exact) mass is 308 g/mol. The van der Waals surface area contributed by atoms with Gasteiger partial charge >= 0.3 is 0 Å². The molecule has 0 aromatic heterocycles. The molecule has 0 bridgehead atoms. The number of carbonyl (C=O) groups excluding carboxylic acids is 1. The van der Waals surface area contributed by atoms with E-state index in [1.807, 2.05) is 50.2 Å². The van der Waals surface area contributed by atoms with Crippen molar-refractivity contribution >= 4 is 11.6 Å². The lowest BCUT2D eigenvalue weighted by molar-refractivity contribution is -0.122. The van der Waals surface area contributed by atoms with Gasteiger partial charge in [-0.1, -0.05) is 37.3 Å². The molecule has 0 radical (unpaired) electrons. The van der Waals surface area contributed by atoms with Gasteiger partial charge in [0.1, 0.15) is 5.75 Å². The number of benzene rings is 2. The molecule has 0 saturated carbocycles. The fraction of sp³-hybridized carbons (Fsp3) is 0.263. The molecule has 1 unspecified atom stereocenters. The van der Waals surface area contributed by atoms with Crippen LogP contribution in [0.2, 0.25) is 0 Å². The highest BCUT2D eigenvalue weighted by Gasteiger charge is 2.19. The summed E-state index contributed by atoms with van der Waals surface area (Å²) in [6.07, 6.45) is 0.393. The molecule has 4 heteroatoms. The van der Waals surface area contributed by atoms with Gasteiger partial charge in [0.15, 0.2) is 6.10 Å². The van der Waals surface area contributed by atoms with E-state index in [0.29, 0.717) is 18.5 Å². The Morgan fingerprint density at radius 3 is 2.52 bits per heavy atom. The number of para-hydroxylation sites is 1. The molecule has 0 aliphatic carbocycles. The van der Waals surface area contributed by atoms with Gasteiger partial charge in [-0.05, 0) is 42.7 Å². The van der Waals surface area contributed by atoms with Crippen molar-refractivity contribution in [2.45, 2.75) is 32.8 Å².